The van der Waals surface area contributed by atoms with E-state index in [1.54, 1.807) is 0 Å². The maximum atomic E-state index is 3.76. The maximum absolute atomic E-state index is 3.76. The molecular weight excluding hydrogens is 272 g/mol. The lowest BCUT2D eigenvalue weighted by molar-refractivity contribution is 0.589. The molecule has 0 fully saturated rings. The van der Waals surface area contributed by atoms with E-state index in [0.717, 1.165) is 0 Å². The van der Waals surface area contributed by atoms with Crippen molar-refractivity contribution in [2.24, 2.45) is 0 Å². The van der Waals surface area contributed by atoms with Crippen LogP contribution < -0.4 is 0 Å². The molecular formula is C7H16Br2Si. The lowest BCUT2D eigenvalue weighted by atomic mass is 10.1. The van der Waals surface area contributed by atoms with E-state index in [0.29, 0.717) is 5.04 Å². The molecule has 0 saturated heterocycles. The van der Waals surface area contributed by atoms with Gasteiger partial charge in [0.25, 0.3) is 0 Å². The van der Waals surface area contributed by atoms with Crippen molar-refractivity contribution in [3.05, 3.63) is 0 Å². The smallest absolute Gasteiger partial charge is 0.111 e. The molecule has 10 heavy (non-hydrogen) atoms. The highest BCUT2D eigenvalue weighted by atomic mass is 79.9. The van der Waals surface area contributed by atoms with Crippen LogP contribution in [0.1, 0.15) is 33.6 Å². The Bertz CT molecular complexity index is 105. The fourth-order valence-corrected chi connectivity index (χ4v) is 2.72. The largest absolute Gasteiger partial charge is 0.203 e. The van der Waals surface area contributed by atoms with Crippen LogP contribution in [0.25, 0.3) is 0 Å². The van der Waals surface area contributed by atoms with E-state index in [1.807, 2.05) is 0 Å². The zero-order valence-corrected chi connectivity index (χ0v) is 11.3. The van der Waals surface area contributed by atoms with E-state index >= 15 is 0 Å². The lowest BCUT2D eigenvalue weighted by Crippen LogP contribution is -2.28. The van der Waals surface area contributed by atoms with Crippen LogP contribution in [0.2, 0.25) is 11.6 Å². The van der Waals surface area contributed by atoms with Crippen molar-refractivity contribution < 1.29 is 0 Å². The molecule has 0 nitrogen and oxygen atoms in total. The van der Waals surface area contributed by atoms with Crippen LogP contribution in [0.5, 0.6) is 0 Å². The Kier molecular flexibility index (Phi) is 4.16. The lowest BCUT2D eigenvalue weighted by Gasteiger charge is -2.32. The third-order valence-electron chi connectivity index (χ3n) is 2.06. The first-order chi connectivity index (χ1) is 4.31. The summed E-state index contributed by atoms with van der Waals surface area (Å²) in [6, 6.07) is 0. The molecule has 0 aromatic carbocycles. The van der Waals surface area contributed by atoms with E-state index < -0.39 is 5.31 Å². The minimum Gasteiger partial charge on any atom is -0.111 e. The van der Waals surface area contributed by atoms with Gasteiger partial charge >= 0.3 is 0 Å². The van der Waals surface area contributed by atoms with Crippen molar-refractivity contribution in [3.63, 3.8) is 0 Å². The number of hydrogen-bond acceptors (Lipinski definition) is 0. The van der Waals surface area contributed by atoms with Crippen molar-refractivity contribution >= 4 is 35.9 Å². The monoisotopic (exact) mass is 286 g/mol. The van der Waals surface area contributed by atoms with Crippen LogP contribution in [0.15, 0.2) is 0 Å². The Morgan fingerprint density at radius 1 is 1.30 bits per heavy atom. The summed E-state index contributed by atoms with van der Waals surface area (Å²) in [5.74, 6) is 0. The van der Waals surface area contributed by atoms with Gasteiger partial charge in [-0.2, -0.15) is 0 Å². The molecule has 62 valence electrons. The van der Waals surface area contributed by atoms with Gasteiger partial charge in [-0.25, -0.2) is 0 Å². The molecule has 0 atom stereocenters. The normalized spacial score (nSPS) is 13.8. The first kappa shape index (κ1) is 11.2. The molecule has 0 spiro atoms. The van der Waals surface area contributed by atoms with Crippen LogP contribution in [0, 0.1) is 0 Å². The van der Waals surface area contributed by atoms with Crippen LogP contribution in [0.3, 0.4) is 0 Å². The summed E-state index contributed by atoms with van der Waals surface area (Å²) in [5.41, 5.74) is 0. The summed E-state index contributed by atoms with van der Waals surface area (Å²) in [6.45, 7) is 9.18. The summed E-state index contributed by atoms with van der Waals surface area (Å²) in [6.07, 6.45) is 2.57. The summed E-state index contributed by atoms with van der Waals surface area (Å²) in [4.78, 5) is 0. The van der Waals surface area contributed by atoms with Crippen molar-refractivity contribution in [1.82, 2.24) is 0 Å². The standard InChI is InChI=1S/C7H16Br2Si/c1-5-6-7(2,3)10(4,8)9/h5-6H2,1-4H3. The van der Waals surface area contributed by atoms with Gasteiger partial charge in [-0.3, -0.25) is 0 Å². The average molecular weight is 288 g/mol. The summed E-state index contributed by atoms with van der Waals surface area (Å²) in [5, 5.41) is -0.821. The zero-order chi connectivity index (χ0) is 8.41. The number of halogens is 2. The van der Waals surface area contributed by atoms with Gasteiger partial charge in [-0.15, -0.1) is 30.6 Å². The quantitative estimate of drug-likeness (QED) is 0.532. The Labute approximate surface area is 80.9 Å². The van der Waals surface area contributed by atoms with Crippen molar-refractivity contribution in [3.8, 4) is 0 Å². The molecule has 0 aromatic heterocycles. The fourth-order valence-electron chi connectivity index (χ4n) is 0.844. The molecule has 0 aromatic rings. The third kappa shape index (κ3) is 3.05. The molecule has 0 unspecified atom stereocenters. The first-order valence-corrected chi connectivity index (χ1v) is 10.7. The molecule has 0 N–H and O–H groups in total. The highest BCUT2D eigenvalue weighted by Crippen LogP contribution is 2.48. The van der Waals surface area contributed by atoms with Crippen LogP contribution >= 0.6 is 30.6 Å². The Hall–Kier alpha value is 1.18. The Morgan fingerprint density at radius 3 is 1.80 bits per heavy atom. The van der Waals surface area contributed by atoms with Gasteiger partial charge in [0.15, 0.2) is 0 Å². The van der Waals surface area contributed by atoms with Gasteiger partial charge in [0, 0.05) is 0 Å². The molecule has 0 aliphatic heterocycles. The topological polar surface area (TPSA) is 0 Å². The fraction of sp³-hybridized carbons (Fsp3) is 1.00. The highest BCUT2D eigenvalue weighted by Gasteiger charge is 2.38. The summed E-state index contributed by atoms with van der Waals surface area (Å²) in [7, 11) is 0. The van der Waals surface area contributed by atoms with E-state index in [2.05, 4.69) is 57.9 Å². The van der Waals surface area contributed by atoms with Gasteiger partial charge in [0.1, 0.15) is 0 Å². The summed E-state index contributed by atoms with van der Waals surface area (Å²) >= 11 is 7.51. The van der Waals surface area contributed by atoms with Crippen molar-refractivity contribution in [1.29, 1.82) is 0 Å². The maximum Gasteiger partial charge on any atom is 0.203 e. The van der Waals surface area contributed by atoms with E-state index in [1.165, 1.54) is 12.8 Å². The molecule has 0 aliphatic carbocycles. The number of rotatable bonds is 3. The van der Waals surface area contributed by atoms with Gasteiger partial charge in [0.2, 0.25) is 5.31 Å². The zero-order valence-electron chi connectivity index (χ0n) is 7.17. The minimum absolute atomic E-state index is 0.460. The predicted molar refractivity (Wildman–Crippen MR) is 58.4 cm³/mol. The van der Waals surface area contributed by atoms with E-state index in [9.17, 15) is 0 Å². The Morgan fingerprint density at radius 2 is 1.70 bits per heavy atom. The highest BCUT2D eigenvalue weighted by molar-refractivity contribution is 9.51. The van der Waals surface area contributed by atoms with Gasteiger partial charge in [-0.05, 0) is 18.0 Å². The molecule has 0 bridgehead atoms. The van der Waals surface area contributed by atoms with Crippen molar-refractivity contribution in [2.45, 2.75) is 45.2 Å². The van der Waals surface area contributed by atoms with Gasteiger partial charge in [-0.1, -0.05) is 27.2 Å². The SMILES string of the molecule is CCCC(C)(C)[Si](C)(Br)Br. The molecule has 0 heterocycles. The first-order valence-electron chi connectivity index (χ1n) is 3.69. The molecule has 0 aliphatic rings. The van der Waals surface area contributed by atoms with Gasteiger partial charge in [0.05, 0.1) is 0 Å². The molecule has 0 saturated carbocycles. The van der Waals surface area contributed by atoms with Gasteiger partial charge < -0.3 is 0 Å². The second-order valence-corrected chi connectivity index (χ2v) is 19.4. The van der Waals surface area contributed by atoms with Crippen molar-refractivity contribution in [2.75, 3.05) is 0 Å². The third-order valence-corrected chi connectivity index (χ3v) is 11.1. The Balaban J connectivity index is 4.10. The molecule has 0 radical (unpaired) electrons. The van der Waals surface area contributed by atoms with Crippen LogP contribution in [-0.4, -0.2) is 5.31 Å². The second-order valence-electron chi connectivity index (χ2n) is 3.52. The molecule has 3 heteroatoms. The molecule has 0 rings (SSSR count). The number of hydrogen-bond donors (Lipinski definition) is 0. The van der Waals surface area contributed by atoms with Crippen LogP contribution in [0.4, 0.5) is 0 Å². The predicted octanol–water partition coefficient (Wildman–Crippen LogP) is 4.43. The van der Waals surface area contributed by atoms with E-state index in [-0.39, 0.29) is 0 Å². The second kappa shape index (κ2) is 3.72. The average Bonchev–Trinajstić information content (AvgIpc) is 1.61. The van der Waals surface area contributed by atoms with Crippen LogP contribution in [-0.2, 0) is 0 Å². The van der Waals surface area contributed by atoms with E-state index in [4.69, 9.17) is 0 Å². The molecule has 0 amide bonds. The minimum atomic E-state index is -1.28. The summed E-state index contributed by atoms with van der Waals surface area (Å²) < 4.78 is 0.